The Morgan fingerprint density at radius 1 is 0.807 bits per heavy atom. The summed E-state index contributed by atoms with van der Waals surface area (Å²) in [5.41, 5.74) is 12.6. The number of alkyl carbamates (subject to hydrolysis) is 1. The van der Waals surface area contributed by atoms with E-state index in [1.165, 1.54) is 30.7 Å². The minimum Gasteiger partial charge on any atom is -0.496 e. The van der Waals surface area contributed by atoms with Crippen LogP contribution in [0.5, 0.6) is 5.75 Å². The summed E-state index contributed by atoms with van der Waals surface area (Å²) in [7, 11) is -1.10. The number of amides is 14. The number of Topliss-reactive ketones (excluding diaryl/α,β-unsaturated/α-hetero) is 3. The van der Waals surface area contributed by atoms with E-state index in [1.807, 2.05) is 0 Å². The first-order valence-corrected chi connectivity index (χ1v) is 40.8. The zero-order valence-electron chi connectivity index (χ0n) is 65.2. The summed E-state index contributed by atoms with van der Waals surface area (Å²) in [6.07, 6.45) is -4.48. The van der Waals surface area contributed by atoms with Crippen molar-refractivity contribution in [3.05, 3.63) is 53.1 Å². The fourth-order valence-corrected chi connectivity index (χ4v) is 16.4. The highest BCUT2D eigenvalue weighted by Gasteiger charge is 2.46. The monoisotopic (exact) mass is 1630 g/mol. The van der Waals surface area contributed by atoms with Crippen LogP contribution >= 0.6 is 11.8 Å². The summed E-state index contributed by atoms with van der Waals surface area (Å²) < 4.78 is 26.8. The third-order valence-electron chi connectivity index (χ3n) is 20.9. The second-order valence-electron chi connectivity index (χ2n) is 29.8. The number of carbonyl (C=O) groups excluding carboxylic acids is 16. The number of fused-ring (bicyclic) bond motifs is 5. The number of ether oxygens (including phenoxy) is 2. The van der Waals surface area contributed by atoms with Crippen molar-refractivity contribution in [2.45, 2.75) is 191 Å². The number of nitrogens with two attached hydrogens (primary N) is 2. The Morgan fingerprint density at radius 2 is 1.53 bits per heavy atom. The molecule has 3 aromatic rings. The van der Waals surface area contributed by atoms with E-state index in [-0.39, 0.29) is 121 Å². The number of primary amides is 2. The molecule has 1 aromatic heterocycles. The smallest absolute Gasteiger partial charge is 0.407 e. The predicted molar refractivity (Wildman–Crippen MR) is 415 cm³/mol. The molecule has 626 valence electrons. The second kappa shape index (κ2) is 43.5. The molecule has 0 radical (unpaired) electrons. The van der Waals surface area contributed by atoms with Gasteiger partial charge in [0.05, 0.1) is 79.6 Å². The summed E-state index contributed by atoms with van der Waals surface area (Å²) in [4.78, 5) is 224. The summed E-state index contributed by atoms with van der Waals surface area (Å²) >= 11 is 1.30. The van der Waals surface area contributed by atoms with Gasteiger partial charge in [-0.1, -0.05) is 66.5 Å². The molecule has 2 bridgehead atoms. The van der Waals surface area contributed by atoms with Crippen molar-refractivity contribution in [3.63, 3.8) is 0 Å². The maximum absolute atomic E-state index is 15.5. The highest BCUT2D eigenvalue weighted by atomic mass is 32.2. The highest BCUT2D eigenvalue weighted by Crippen LogP contribution is 2.38. The van der Waals surface area contributed by atoms with Crippen LogP contribution in [0.25, 0.3) is 10.9 Å². The lowest BCUT2D eigenvalue weighted by molar-refractivity contribution is -0.144. The number of carbonyl (C=O) groups is 16. The van der Waals surface area contributed by atoms with Gasteiger partial charge in [-0.05, 0) is 79.3 Å². The number of ketones is 3. The molecule has 4 aliphatic rings. The van der Waals surface area contributed by atoms with Crippen LogP contribution in [0.4, 0.5) is 15.3 Å². The molecule has 38 heteroatoms. The molecule has 0 aliphatic carbocycles. The number of aromatic amines is 1. The number of urea groups is 1. The molecule has 14 amide bonds. The fraction of sp³-hybridized carbons (Fsp3) is 0.605. The SMILES string of the molecule is CC[C@H](C)[C@@H]1CC(=O)CNC(=O)[C@H]2CC(=O)[C@H]([C@@H](C)[C@@H](O)CO)NC(=O)[C@@H]3C[C@@H](O)CN3C(=O)[C@H](CC(N)=O)NC(=O)[C@H](CS(=O)c3[nH]c4c(CSCCNC(=O)OCc5ccc(NC(=O)[C@H](CCCNC(N)=O)CC(=O)[C@@H](NC(=O)CCCCCN6C(=O)CC(C)C6=O)C(C)C)cc5)c(OC)ccc4c3C2)NC(=O)CNC1=O. The number of hydrogen-bond donors (Lipinski definition) is 15. The van der Waals surface area contributed by atoms with Crippen LogP contribution < -0.4 is 64.1 Å². The number of thioether (sulfide) groups is 1. The number of rotatable bonds is 32. The number of imide groups is 1. The molecule has 5 heterocycles. The number of nitrogens with zero attached hydrogens (tertiary/aromatic N) is 2. The molecule has 7 rings (SSSR count). The van der Waals surface area contributed by atoms with Gasteiger partial charge < -0.3 is 94.0 Å². The molecule has 2 saturated heterocycles. The number of methoxy groups -OCH3 is 1. The van der Waals surface area contributed by atoms with E-state index >= 15 is 9.00 Å². The van der Waals surface area contributed by atoms with Crippen LogP contribution in [0.2, 0.25) is 0 Å². The lowest BCUT2D eigenvalue weighted by Crippen LogP contribution is -2.60. The Hall–Kier alpha value is -9.92. The first-order valence-electron chi connectivity index (χ1n) is 38.4. The Kier molecular flexibility index (Phi) is 34.9. The molecule has 114 heavy (non-hydrogen) atoms. The normalized spacial score (nSPS) is 23.0. The van der Waals surface area contributed by atoms with Gasteiger partial charge in [0.15, 0.2) is 17.3 Å². The summed E-state index contributed by atoms with van der Waals surface area (Å²) in [6, 6.07) is 0.702. The predicted octanol–water partition coefficient (Wildman–Crippen LogP) is -0.218. The molecule has 2 fully saturated rings. The van der Waals surface area contributed by atoms with E-state index in [0.717, 1.165) is 4.90 Å². The number of aliphatic hydroxyl groups excluding tert-OH is 3. The van der Waals surface area contributed by atoms with Gasteiger partial charge in [0, 0.05) is 122 Å². The average Bonchev–Trinajstić information content (AvgIpc) is 1.61. The van der Waals surface area contributed by atoms with E-state index in [2.05, 4.69) is 52.8 Å². The third-order valence-corrected chi connectivity index (χ3v) is 23.4. The van der Waals surface area contributed by atoms with Crippen LogP contribution in [0.15, 0.2) is 41.4 Å². The molecule has 0 saturated carbocycles. The van der Waals surface area contributed by atoms with Crippen LogP contribution in [0.1, 0.15) is 142 Å². The zero-order valence-corrected chi connectivity index (χ0v) is 66.8. The van der Waals surface area contributed by atoms with Gasteiger partial charge >= 0.3 is 12.1 Å². The van der Waals surface area contributed by atoms with Crippen molar-refractivity contribution in [1.82, 2.24) is 57.3 Å². The zero-order chi connectivity index (χ0) is 83.8. The minimum absolute atomic E-state index is 0.0468. The quantitative estimate of drug-likeness (QED) is 0.0284. The lowest BCUT2D eigenvalue weighted by atomic mass is 9.85. The van der Waals surface area contributed by atoms with Crippen molar-refractivity contribution < 1.29 is 106 Å². The molecule has 0 spiro atoms. The maximum atomic E-state index is 15.5. The van der Waals surface area contributed by atoms with Gasteiger partial charge in [-0.25, -0.2) is 9.59 Å². The van der Waals surface area contributed by atoms with Crippen LogP contribution in [0, 0.1) is 41.4 Å². The van der Waals surface area contributed by atoms with Crippen LogP contribution in [-0.4, -0.2) is 236 Å². The lowest BCUT2D eigenvalue weighted by Gasteiger charge is -2.32. The highest BCUT2D eigenvalue weighted by molar-refractivity contribution is 7.98. The van der Waals surface area contributed by atoms with E-state index in [1.54, 1.807) is 71.0 Å². The van der Waals surface area contributed by atoms with Crippen LogP contribution in [-0.2, 0) is 101 Å². The number of benzene rings is 2. The Morgan fingerprint density at radius 3 is 2.18 bits per heavy atom. The van der Waals surface area contributed by atoms with Crippen molar-refractivity contribution >= 4 is 134 Å². The number of likely N-dealkylation sites (tertiary alicyclic amines) is 1. The van der Waals surface area contributed by atoms with Gasteiger partial charge in [0.2, 0.25) is 65.0 Å². The topological polar surface area (TPSA) is 552 Å². The van der Waals surface area contributed by atoms with Crippen LogP contribution in [0.3, 0.4) is 0 Å². The number of aromatic nitrogens is 1. The fourth-order valence-electron chi connectivity index (χ4n) is 14.2. The molecular weight excluding hydrogens is 1530 g/mol. The van der Waals surface area contributed by atoms with E-state index in [9.17, 15) is 87.2 Å². The van der Waals surface area contributed by atoms with Crippen molar-refractivity contribution in [2.24, 2.45) is 52.9 Å². The van der Waals surface area contributed by atoms with Gasteiger partial charge in [-0.2, -0.15) is 11.8 Å². The first-order chi connectivity index (χ1) is 54.1. The van der Waals surface area contributed by atoms with Gasteiger partial charge in [-0.15, -0.1) is 0 Å². The Labute approximate surface area is 666 Å². The van der Waals surface area contributed by atoms with E-state index in [0.29, 0.717) is 53.6 Å². The number of unbranched alkanes of at least 4 members (excludes halogenated alkanes) is 2. The summed E-state index contributed by atoms with van der Waals surface area (Å²) in [6.45, 7) is 7.37. The molecule has 14 atom stereocenters. The Bertz CT molecular complexity index is 4060. The van der Waals surface area contributed by atoms with Gasteiger partial charge in [-0.3, -0.25) is 76.2 Å². The number of H-pyrrole nitrogens is 1. The average molecular weight is 1630 g/mol. The van der Waals surface area contributed by atoms with Crippen molar-refractivity contribution in [3.8, 4) is 5.75 Å². The van der Waals surface area contributed by atoms with Crippen molar-refractivity contribution in [2.75, 3.05) is 69.8 Å². The molecule has 2 aromatic carbocycles. The molecule has 4 aliphatic heterocycles. The Balaban J connectivity index is 1.09. The summed E-state index contributed by atoms with van der Waals surface area (Å²) in [5, 5.41) is 55.7. The number of hydrogen-bond acceptors (Lipinski definition) is 23. The summed E-state index contributed by atoms with van der Waals surface area (Å²) in [5.74, 6) is -16.5. The second-order valence-corrected chi connectivity index (χ2v) is 32.4. The standard InChI is InChI=1S/C76H108N14O22S2/c1-8-40(4)50-29-47(92)32-81-67(101)45-26-51-49-19-20-59(111-7)52(66(49)88-72(51)114(110)38-54(84-62(99)33-82-69(50)103)70(104)85-53(31-60(77)97)74(107)90-34-48(93)30-55(90)71(105)87-65(57(95)28-45)42(6)58(96)35-91)37-113-24-22-80-76(109)112-36-43-15-17-46(18-16-43)83-68(102)44(13-12-21-79-75(78)108)27-56(94)64(39(2)3)86-61(98)14-10-9-11-23-89-63(100)25-41(5)73(89)106/h15-20,39-42,44-45,48,50,53-55,58,64-65,88,91,93,96H,8-14,21-38H2,1-7H3,(H2,77,97)(H,80,109)(H,81,101)(H,82,103)(H,83,102)(H,84,99)(H,85,104)(H,86,98)(H,87,105)(H3,78,79,108)/t40-,41?,42-,44+,45+,48+,50-,53-,54-,55-,58-,64-,65-,114?/m0/s1. The number of aliphatic hydroxyl groups is 3. The van der Waals surface area contributed by atoms with Gasteiger partial charge in [0.1, 0.15) is 35.5 Å². The maximum Gasteiger partial charge on any atom is 0.407 e. The van der Waals surface area contributed by atoms with E-state index < -0.39 is 218 Å². The largest absolute Gasteiger partial charge is 0.496 e. The van der Waals surface area contributed by atoms with E-state index in [4.69, 9.17) is 20.9 Å². The van der Waals surface area contributed by atoms with Crippen molar-refractivity contribution in [1.29, 1.82) is 0 Å². The molecule has 36 nitrogen and oxygen atoms in total. The third kappa shape index (κ3) is 25.8. The molecule has 2 unspecified atom stereocenters. The minimum atomic E-state index is -2.49. The first kappa shape index (κ1) is 91.3. The molecular formula is C76H108N14O22S2. The number of nitrogens with one attached hydrogen (secondary N) is 10. The molecule has 17 N–H and O–H groups in total. The number of anilines is 1. The van der Waals surface area contributed by atoms with Gasteiger partial charge in [0.25, 0.3) is 0 Å².